The Kier molecular flexibility index (Phi) is 4.20. The van der Waals surface area contributed by atoms with Crippen LogP contribution in [0.15, 0.2) is 36.7 Å². The molecule has 5 heteroatoms. The highest BCUT2D eigenvalue weighted by Crippen LogP contribution is 2.23. The number of aromatic nitrogens is 1. The molecule has 2 aromatic rings. The predicted molar refractivity (Wildman–Crippen MR) is 79.0 cm³/mol. The second-order valence-electron chi connectivity index (χ2n) is 4.39. The number of pyridine rings is 1. The molecular weight excluding hydrogens is 254 g/mol. The SMILES string of the molecule is CCOc1ccc(C(=O)Nc2cncc(C)c2)cc1N. The highest BCUT2D eigenvalue weighted by Gasteiger charge is 2.09. The van der Waals surface area contributed by atoms with E-state index >= 15 is 0 Å². The van der Waals surface area contributed by atoms with Crippen molar-refractivity contribution in [2.45, 2.75) is 13.8 Å². The molecule has 0 atom stereocenters. The normalized spacial score (nSPS) is 10.1. The van der Waals surface area contributed by atoms with Crippen molar-refractivity contribution in [3.63, 3.8) is 0 Å². The van der Waals surface area contributed by atoms with Crippen LogP contribution in [0.1, 0.15) is 22.8 Å². The number of hydrogen-bond donors (Lipinski definition) is 2. The summed E-state index contributed by atoms with van der Waals surface area (Å²) in [6, 6.07) is 6.83. The molecule has 5 nitrogen and oxygen atoms in total. The number of ether oxygens (including phenoxy) is 1. The van der Waals surface area contributed by atoms with E-state index in [4.69, 9.17) is 10.5 Å². The molecule has 0 aliphatic heterocycles. The zero-order valence-corrected chi connectivity index (χ0v) is 11.5. The van der Waals surface area contributed by atoms with Gasteiger partial charge < -0.3 is 15.8 Å². The fourth-order valence-electron chi connectivity index (χ4n) is 1.80. The van der Waals surface area contributed by atoms with Gasteiger partial charge in [0.05, 0.1) is 24.2 Å². The number of nitrogens with zero attached hydrogens (tertiary/aromatic N) is 1. The van der Waals surface area contributed by atoms with Gasteiger partial charge in [0.15, 0.2) is 0 Å². The minimum atomic E-state index is -0.229. The fourth-order valence-corrected chi connectivity index (χ4v) is 1.80. The van der Waals surface area contributed by atoms with Crippen LogP contribution in [0.4, 0.5) is 11.4 Å². The molecule has 0 aliphatic rings. The lowest BCUT2D eigenvalue weighted by atomic mass is 10.1. The van der Waals surface area contributed by atoms with Crippen LogP contribution in [0.5, 0.6) is 5.75 Å². The molecule has 104 valence electrons. The number of nitrogens with two attached hydrogens (primary N) is 1. The predicted octanol–water partition coefficient (Wildman–Crippen LogP) is 2.62. The van der Waals surface area contributed by atoms with Gasteiger partial charge in [0, 0.05) is 11.8 Å². The molecule has 0 fully saturated rings. The topological polar surface area (TPSA) is 77.2 Å². The lowest BCUT2D eigenvalue weighted by Gasteiger charge is -2.09. The molecule has 1 aromatic heterocycles. The van der Waals surface area contributed by atoms with E-state index in [2.05, 4.69) is 10.3 Å². The number of carbonyl (C=O) groups excluding carboxylic acids is 1. The first-order valence-electron chi connectivity index (χ1n) is 6.35. The van der Waals surface area contributed by atoms with Gasteiger partial charge in [-0.3, -0.25) is 9.78 Å². The number of rotatable bonds is 4. The van der Waals surface area contributed by atoms with Crippen LogP contribution < -0.4 is 15.8 Å². The average Bonchev–Trinajstić information content (AvgIpc) is 2.41. The number of nitrogens with one attached hydrogen (secondary N) is 1. The van der Waals surface area contributed by atoms with E-state index in [9.17, 15) is 4.79 Å². The Bertz CT molecular complexity index is 626. The van der Waals surface area contributed by atoms with Gasteiger partial charge in [0.25, 0.3) is 5.91 Å². The van der Waals surface area contributed by atoms with E-state index in [0.717, 1.165) is 5.56 Å². The second-order valence-corrected chi connectivity index (χ2v) is 4.39. The van der Waals surface area contributed by atoms with Gasteiger partial charge in [-0.15, -0.1) is 0 Å². The Labute approximate surface area is 117 Å². The molecule has 1 heterocycles. The minimum Gasteiger partial charge on any atom is -0.492 e. The summed E-state index contributed by atoms with van der Waals surface area (Å²) in [5.74, 6) is 0.355. The molecule has 0 bridgehead atoms. The minimum absolute atomic E-state index is 0.229. The number of carbonyl (C=O) groups is 1. The molecular formula is C15H17N3O2. The number of hydrogen-bond acceptors (Lipinski definition) is 4. The lowest BCUT2D eigenvalue weighted by Crippen LogP contribution is -2.12. The van der Waals surface area contributed by atoms with Crippen molar-refractivity contribution in [3.8, 4) is 5.75 Å². The Balaban J connectivity index is 2.15. The van der Waals surface area contributed by atoms with Gasteiger partial charge in [-0.1, -0.05) is 0 Å². The average molecular weight is 271 g/mol. The van der Waals surface area contributed by atoms with Crippen LogP contribution in [-0.4, -0.2) is 17.5 Å². The number of benzene rings is 1. The molecule has 0 saturated carbocycles. The maximum Gasteiger partial charge on any atom is 0.255 e. The number of aryl methyl sites for hydroxylation is 1. The van der Waals surface area contributed by atoms with E-state index in [1.54, 1.807) is 30.6 Å². The summed E-state index contributed by atoms with van der Waals surface area (Å²) in [4.78, 5) is 16.1. The quantitative estimate of drug-likeness (QED) is 0.838. The van der Waals surface area contributed by atoms with Crippen molar-refractivity contribution in [1.29, 1.82) is 0 Å². The van der Waals surface area contributed by atoms with Crippen LogP contribution >= 0.6 is 0 Å². The highest BCUT2D eigenvalue weighted by molar-refractivity contribution is 6.04. The molecule has 0 spiro atoms. The van der Waals surface area contributed by atoms with E-state index in [0.29, 0.717) is 29.3 Å². The van der Waals surface area contributed by atoms with Crippen molar-refractivity contribution in [1.82, 2.24) is 4.98 Å². The van der Waals surface area contributed by atoms with Gasteiger partial charge in [0.1, 0.15) is 5.75 Å². The van der Waals surface area contributed by atoms with Gasteiger partial charge in [-0.2, -0.15) is 0 Å². The van der Waals surface area contributed by atoms with Crippen molar-refractivity contribution in [2.24, 2.45) is 0 Å². The zero-order valence-electron chi connectivity index (χ0n) is 11.5. The highest BCUT2D eigenvalue weighted by atomic mass is 16.5. The van der Waals surface area contributed by atoms with Gasteiger partial charge in [0.2, 0.25) is 0 Å². The molecule has 0 radical (unpaired) electrons. The molecule has 3 N–H and O–H groups in total. The van der Waals surface area contributed by atoms with Crippen LogP contribution in [-0.2, 0) is 0 Å². The summed E-state index contributed by atoms with van der Waals surface area (Å²) in [5, 5.41) is 2.78. The lowest BCUT2D eigenvalue weighted by molar-refractivity contribution is 0.102. The van der Waals surface area contributed by atoms with Crippen LogP contribution in [0.3, 0.4) is 0 Å². The largest absolute Gasteiger partial charge is 0.492 e. The third-order valence-corrected chi connectivity index (χ3v) is 2.70. The molecule has 1 aromatic carbocycles. The van der Waals surface area contributed by atoms with Crippen molar-refractivity contribution in [3.05, 3.63) is 47.8 Å². The van der Waals surface area contributed by atoms with Crippen molar-refractivity contribution < 1.29 is 9.53 Å². The Morgan fingerprint density at radius 1 is 1.35 bits per heavy atom. The number of anilines is 2. The van der Waals surface area contributed by atoms with Gasteiger partial charge in [-0.25, -0.2) is 0 Å². The van der Waals surface area contributed by atoms with E-state index < -0.39 is 0 Å². The summed E-state index contributed by atoms with van der Waals surface area (Å²) in [6.07, 6.45) is 3.33. The smallest absolute Gasteiger partial charge is 0.255 e. The summed E-state index contributed by atoms with van der Waals surface area (Å²) >= 11 is 0. The first-order valence-corrected chi connectivity index (χ1v) is 6.35. The molecule has 0 saturated heterocycles. The molecule has 1 amide bonds. The maximum absolute atomic E-state index is 12.1. The zero-order chi connectivity index (χ0) is 14.5. The molecule has 2 rings (SSSR count). The maximum atomic E-state index is 12.1. The van der Waals surface area contributed by atoms with E-state index in [1.807, 2.05) is 19.9 Å². The number of nitrogen functional groups attached to an aromatic ring is 1. The Morgan fingerprint density at radius 2 is 2.15 bits per heavy atom. The molecule has 0 aliphatic carbocycles. The second kappa shape index (κ2) is 6.06. The van der Waals surface area contributed by atoms with Gasteiger partial charge in [-0.05, 0) is 43.7 Å². The van der Waals surface area contributed by atoms with Crippen LogP contribution in [0.25, 0.3) is 0 Å². The third kappa shape index (κ3) is 3.26. The molecule has 20 heavy (non-hydrogen) atoms. The monoisotopic (exact) mass is 271 g/mol. The summed E-state index contributed by atoms with van der Waals surface area (Å²) < 4.78 is 5.34. The Morgan fingerprint density at radius 3 is 2.80 bits per heavy atom. The molecule has 0 unspecified atom stereocenters. The van der Waals surface area contributed by atoms with Crippen LogP contribution in [0.2, 0.25) is 0 Å². The fraction of sp³-hybridized carbons (Fsp3) is 0.200. The van der Waals surface area contributed by atoms with E-state index in [-0.39, 0.29) is 5.91 Å². The first kappa shape index (κ1) is 13.9. The van der Waals surface area contributed by atoms with E-state index in [1.165, 1.54) is 0 Å². The summed E-state index contributed by atoms with van der Waals surface area (Å²) in [6.45, 7) is 4.33. The Hall–Kier alpha value is -2.56. The third-order valence-electron chi connectivity index (χ3n) is 2.70. The van der Waals surface area contributed by atoms with Crippen molar-refractivity contribution >= 4 is 17.3 Å². The summed E-state index contributed by atoms with van der Waals surface area (Å²) in [7, 11) is 0. The summed E-state index contributed by atoms with van der Waals surface area (Å²) in [5.41, 5.74) is 8.41. The standard InChI is InChI=1S/C15H17N3O2/c1-3-20-14-5-4-11(7-13(14)16)15(19)18-12-6-10(2)8-17-9-12/h4-9H,3,16H2,1-2H3,(H,18,19). The number of amides is 1. The van der Waals surface area contributed by atoms with Gasteiger partial charge >= 0.3 is 0 Å². The van der Waals surface area contributed by atoms with Crippen LogP contribution in [0, 0.1) is 6.92 Å². The van der Waals surface area contributed by atoms with Crippen molar-refractivity contribution in [2.75, 3.05) is 17.7 Å². The first-order chi connectivity index (χ1) is 9.60.